The molecule has 1 rings (SSSR count). The fourth-order valence-corrected chi connectivity index (χ4v) is 2.68. The number of carbonyl (C=O) groups excluding carboxylic acids is 1. The zero-order valence-electron chi connectivity index (χ0n) is 13.2. The summed E-state index contributed by atoms with van der Waals surface area (Å²) >= 11 is 0. The minimum Gasteiger partial charge on any atom is -0.383 e. The summed E-state index contributed by atoms with van der Waals surface area (Å²) in [4.78, 5) is 14.4. The summed E-state index contributed by atoms with van der Waals surface area (Å²) in [6, 6.07) is 0.989. The molecule has 0 aromatic carbocycles. The minimum atomic E-state index is 0.105. The molecule has 0 bridgehead atoms. The second-order valence-electron chi connectivity index (χ2n) is 5.64. The predicted molar refractivity (Wildman–Crippen MR) is 81.6 cm³/mol. The first kappa shape index (κ1) is 17.4. The molecular formula is C15H31N3O2. The van der Waals surface area contributed by atoms with Crippen LogP contribution in [0.4, 0.5) is 0 Å². The number of hydrogen-bond donors (Lipinski definition) is 2. The van der Waals surface area contributed by atoms with E-state index in [2.05, 4.69) is 24.1 Å². The highest BCUT2D eigenvalue weighted by atomic mass is 16.5. The third kappa shape index (κ3) is 5.77. The predicted octanol–water partition coefficient (Wildman–Crippen LogP) is 1.12. The third-order valence-electron chi connectivity index (χ3n) is 4.07. The van der Waals surface area contributed by atoms with E-state index in [4.69, 9.17) is 10.5 Å². The second-order valence-corrected chi connectivity index (χ2v) is 5.64. The van der Waals surface area contributed by atoms with Gasteiger partial charge in [-0.3, -0.25) is 9.69 Å². The van der Waals surface area contributed by atoms with Gasteiger partial charge in [0.15, 0.2) is 0 Å². The van der Waals surface area contributed by atoms with E-state index in [1.54, 1.807) is 7.11 Å². The topological polar surface area (TPSA) is 67.6 Å². The van der Waals surface area contributed by atoms with E-state index in [0.717, 1.165) is 32.2 Å². The van der Waals surface area contributed by atoms with Crippen LogP contribution in [0.15, 0.2) is 0 Å². The standard InChI is InChI=1S/C15H31N3O2/c1-4-13(5-2)18(8-9-20-3)14(11-16)10-15(19)17-12-6-7-12/h12-14H,4-11,16H2,1-3H3,(H,17,19). The van der Waals surface area contributed by atoms with Gasteiger partial charge in [-0.2, -0.15) is 0 Å². The lowest BCUT2D eigenvalue weighted by Gasteiger charge is -2.36. The summed E-state index contributed by atoms with van der Waals surface area (Å²) in [6.45, 7) is 6.40. The van der Waals surface area contributed by atoms with Gasteiger partial charge in [-0.15, -0.1) is 0 Å². The molecule has 1 saturated carbocycles. The van der Waals surface area contributed by atoms with Gasteiger partial charge in [0.25, 0.3) is 0 Å². The van der Waals surface area contributed by atoms with Crippen LogP contribution < -0.4 is 11.1 Å². The molecule has 0 radical (unpaired) electrons. The summed E-state index contributed by atoms with van der Waals surface area (Å²) in [5, 5.41) is 3.05. The van der Waals surface area contributed by atoms with Gasteiger partial charge in [0.2, 0.25) is 5.91 Å². The van der Waals surface area contributed by atoms with Crippen molar-refractivity contribution in [3.8, 4) is 0 Å². The number of carbonyl (C=O) groups is 1. The molecule has 0 aliphatic heterocycles. The van der Waals surface area contributed by atoms with Crippen molar-refractivity contribution in [3.05, 3.63) is 0 Å². The Morgan fingerprint density at radius 2 is 2.00 bits per heavy atom. The molecule has 1 aliphatic rings. The zero-order valence-corrected chi connectivity index (χ0v) is 13.2. The number of amides is 1. The number of hydrogen-bond acceptors (Lipinski definition) is 4. The van der Waals surface area contributed by atoms with E-state index in [9.17, 15) is 4.79 Å². The van der Waals surface area contributed by atoms with Gasteiger partial charge >= 0.3 is 0 Å². The van der Waals surface area contributed by atoms with E-state index >= 15 is 0 Å². The van der Waals surface area contributed by atoms with Gasteiger partial charge in [0.1, 0.15) is 0 Å². The average molecular weight is 285 g/mol. The van der Waals surface area contributed by atoms with Crippen molar-refractivity contribution < 1.29 is 9.53 Å². The normalized spacial score (nSPS) is 16.7. The summed E-state index contributed by atoms with van der Waals surface area (Å²) in [5.41, 5.74) is 5.92. The maximum absolute atomic E-state index is 12.0. The van der Waals surface area contributed by atoms with Crippen molar-refractivity contribution in [3.63, 3.8) is 0 Å². The molecule has 1 aliphatic carbocycles. The molecule has 1 amide bonds. The van der Waals surface area contributed by atoms with E-state index < -0.39 is 0 Å². The maximum Gasteiger partial charge on any atom is 0.221 e. The molecule has 1 fully saturated rings. The van der Waals surface area contributed by atoms with Gasteiger partial charge in [-0.05, 0) is 25.7 Å². The number of methoxy groups -OCH3 is 1. The summed E-state index contributed by atoms with van der Waals surface area (Å²) in [6.07, 6.45) is 4.88. The lowest BCUT2D eigenvalue weighted by molar-refractivity contribution is -0.122. The fourth-order valence-electron chi connectivity index (χ4n) is 2.68. The summed E-state index contributed by atoms with van der Waals surface area (Å²) in [5.74, 6) is 0.135. The molecule has 0 aromatic heterocycles. The Kier molecular flexibility index (Phi) is 8.11. The summed E-state index contributed by atoms with van der Waals surface area (Å²) < 4.78 is 5.20. The molecule has 0 aromatic rings. The van der Waals surface area contributed by atoms with Gasteiger partial charge in [0, 0.05) is 44.7 Å². The van der Waals surface area contributed by atoms with Crippen molar-refractivity contribution in [2.75, 3.05) is 26.8 Å². The molecule has 5 nitrogen and oxygen atoms in total. The largest absolute Gasteiger partial charge is 0.383 e. The Labute approximate surface area is 123 Å². The molecule has 1 atom stereocenters. The number of ether oxygens (including phenoxy) is 1. The maximum atomic E-state index is 12.0. The second kappa shape index (κ2) is 9.32. The SMILES string of the molecule is CCC(CC)N(CCOC)C(CN)CC(=O)NC1CC1. The van der Waals surface area contributed by atoms with E-state index in [0.29, 0.717) is 31.7 Å². The molecule has 0 heterocycles. The number of nitrogens with two attached hydrogens (primary N) is 1. The highest BCUT2D eigenvalue weighted by Gasteiger charge is 2.28. The van der Waals surface area contributed by atoms with Crippen molar-refractivity contribution in [2.24, 2.45) is 5.73 Å². The van der Waals surface area contributed by atoms with Crippen molar-refractivity contribution in [2.45, 2.75) is 64.1 Å². The molecule has 1 unspecified atom stereocenters. The Morgan fingerprint density at radius 1 is 1.35 bits per heavy atom. The van der Waals surface area contributed by atoms with Crippen LogP contribution in [0.25, 0.3) is 0 Å². The molecule has 118 valence electrons. The summed E-state index contributed by atoms with van der Waals surface area (Å²) in [7, 11) is 1.71. The van der Waals surface area contributed by atoms with Gasteiger partial charge in [-0.1, -0.05) is 13.8 Å². The first-order valence-corrected chi connectivity index (χ1v) is 7.90. The first-order chi connectivity index (χ1) is 9.65. The van der Waals surface area contributed by atoms with E-state index in [1.807, 2.05) is 0 Å². The molecule has 20 heavy (non-hydrogen) atoms. The van der Waals surface area contributed by atoms with Crippen LogP contribution in [0.5, 0.6) is 0 Å². The monoisotopic (exact) mass is 285 g/mol. The van der Waals surface area contributed by atoms with Crippen LogP contribution in [0.1, 0.15) is 46.0 Å². The highest BCUT2D eigenvalue weighted by Crippen LogP contribution is 2.20. The van der Waals surface area contributed by atoms with Crippen LogP contribution in [-0.4, -0.2) is 55.7 Å². The van der Waals surface area contributed by atoms with E-state index in [-0.39, 0.29) is 11.9 Å². The quantitative estimate of drug-likeness (QED) is 0.597. The highest BCUT2D eigenvalue weighted by molar-refractivity contribution is 5.77. The van der Waals surface area contributed by atoms with E-state index in [1.165, 1.54) is 0 Å². The Bertz CT molecular complexity index is 278. The molecule has 0 spiro atoms. The smallest absolute Gasteiger partial charge is 0.221 e. The van der Waals surface area contributed by atoms with Crippen molar-refractivity contribution >= 4 is 5.91 Å². The average Bonchev–Trinajstić information content (AvgIpc) is 3.25. The number of nitrogens with zero attached hydrogens (tertiary/aromatic N) is 1. The first-order valence-electron chi connectivity index (χ1n) is 7.90. The van der Waals surface area contributed by atoms with Crippen molar-refractivity contribution in [1.82, 2.24) is 10.2 Å². The van der Waals surface area contributed by atoms with Crippen LogP contribution in [-0.2, 0) is 9.53 Å². The Balaban J connectivity index is 2.58. The molecule has 0 saturated heterocycles. The van der Waals surface area contributed by atoms with Crippen LogP contribution in [0.2, 0.25) is 0 Å². The molecule has 3 N–H and O–H groups in total. The Morgan fingerprint density at radius 3 is 2.45 bits per heavy atom. The number of rotatable bonds is 11. The van der Waals surface area contributed by atoms with Crippen LogP contribution >= 0.6 is 0 Å². The van der Waals surface area contributed by atoms with Crippen molar-refractivity contribution in [1.29, 1.82) is 0 Å². The van der Waals surface area contributed by atoms with Crippen LogP contribution in [0.3, 0.4) is 0 Å². The lowest BCUT2D eigenvalue weighted by Crippen LogP contribution is -2.50. The third-order valence-corrected chi connectivity index (χ3v) is 4.07. The van der Waals surface area contributed by atoms with Crippen LogP contribution in [0, 0.1) is 0 Å². The lowest BCUT2D eigenvalue weighted by atomic mass is 10.0. The fraction of sp³-hybridized carbons (Fsp3) is 0.933. The molecular weight excluding hydrogens is 254 g/mol. The number of nitrogens with one attached hydrogen (secondary N) is 1. The minimum absolute atomic E-state index is 0.105. The van der Waals surface area contributed by atoms with Gasteiger partial charge < -0.3 is 15.8 Å². The molecule has 5 heteroatoms. The van der Waals surface area contributed by atoms with Gasteiger partial charge in [0.05, 0.1) is 6.61 Å². The Hall–Kier alpha value is -0.650. The zero-order chi connectivity index (χ0) is 15.0. The van der Waals surface area contributed by atoms with Gasteiger partial charge in [-0.25, -0.2) is 0 Å².